The number of carboxylic acid groups (broad SMARTS) is 2. The maximum atomic E-state index is 11.1. The Morgan fingerprint density at radius 3 is 1.32 bits per heavy atom. The lowest BCUT2D eigenvalue weighted by molar-refractivity contribution is -0.149. The second kappa shape index (κ2) is 12.6. The average molecular weight is 432 g/mol. The molecule has 0 bridgehead atoms. The van der Waals surface area contributed by atoms with Gasteiger partial charge in [-0.2, -0.15) is 0 Å². The van der Waals surface area contributed by atoms with Crippen molar-refractivity contribution in [2.45, 2.75) is 31.5 Å². The van der Waals surface area contributed by atoms with E-state index in [1.165, 1.54) is 14.2 Å². The zero-order chi connectivity index (χ0) is 22.6. The lowest BCUT2D eigenvalue weighted by Crippen LogP contribution is -2.13. The highest BCUT2D eigenvalue weighted by molar-refractivity contribution is 5.74. The summed E-state index contributed by atoms with van der Waals surface area (Å²) in [5, 5.41) is 18.2. The van der Waals surface area contributed by atoms with Crippen LogP contribution in [0.25, 0.3) is 0 Å². The molecule has 8 heteroatoms. The number of aliphatic carboxylic acids is 2. The van der Waals surface area contributed by atoms with Crippen LogP contribution in [0, 0.1) is 0 Å². The van der Waals surface area contributed by atoms with Gasteiger partial charge in [-0.1, -0.05) is 24.3 Å². The predicted octanol–water partition coefficient (Wildman–Crippen LogP) is 3.86. The van der Waals surface area contributed by atoms with E-state index in [-0.39, 0.29) is 0 Å². The first kappa shape index (κ1) is 24.2. The smallest absolute Gasteiger partial charge is 0.337 e. The Bertz CT molecular complexity index is 747. The van der Waals surface area contributed by atoms with Gasteiger partial charge in [-0.15, -0.1) is 0 Å². The summed E-state index contributed by atoms with van der Waals surface area (Å²) in [7, 11) is 2.72. The van der Waals surface area contributed by atoms with Gasteiger partial charge in [0.25, 0.3) is 0 Å². The minimum atomic E-state index is -1.03. The number of rotatable bonds is 14. The Balaban J connectivity index is 1.63. The van der Waals surface area contributed by atoms with E-state index in [9.17, 15) is 9.59 Å². The van der Waals surface area contributed by atoms with Crippen molar-refractivity contribution in [1.82, 2.24) is 0 Å². The van der Waals surface area contributed by atoms with Crippen molar-refractivity contribution in [3.63, 3.8) is 0 Å². The number of benzene rings is 2. The van der Waals surface area contributed by atoms with Crippen molar-refractivity contribution in [1.29, 1.82) is 0 Å². The molecule has 0 saturated carbocycles. The zero-order valence-corrected chi connectivity index (χ0v) is 17.7. The lowest BCUT2D eigenvalue weighted by Gasteiger charge is -2.12. The van der Waals surface area contributed by atoms with E-state index in [1.807, 2.05) is 0 Å². The van der Waals surface area contributed by atoms with Crippen molar-refractivity contribution in [2.24, 2.45) is 0 Å². The average Bonchev–Trinajstić information content (AvgIpc) is 2.75. The highest BCUT2D eigenvalue weighted by atomic mass is 16.5. The molecule has 2 rings (SSSR count). The summed E-state index contributed by atoms with van der Waals surface area (Å²) in [5.74, 6) is -0.713. The normalized spacial score (nSPS) is 12.7. The fourth-order valence-electron chi connectivity index (χ4n) is 3.00. The van der Waals surface area contributed by atoms with Gasteiger partial charge in [0.2, 0.25) is 0 Å². The van der Waals surface area contributed by atoms with Crippen LogP contribution in [-0.2, 0) is 19.1 Å². The Morgan fingerprint density at radius 2 is 1.03 bits per heavy atom. The molecule has 2 aromatic rings. The van der Waals surface area contributed by atoms with Gasteiger partial charge in [0.1, 0.15) is 11.5 Å². The van der Waals surface area contributed by atoms with E-state index in [4.69, 9.17) is 29.2 Å². The summed E-state index contributed by atoms with van der Waals surface area (Å²) in [5.41, 5.74) is 1.13. The second-order valence-electron chi connectivity index (χ2n) is 6.80. The van der Waals surface area contributed by atoms with Gasteiger partial charge < -0.3 is 29.2 Å². The number of methoxy groups -OCH3 is 2. The number of unbranched alkanes of at least 4 members (excludes halogenated alkanes) is 2. The summed E-state index contributed by atoms with van der Waals surface area (Å²) in [6, 6.07) is 13.7. The number of hydrogen-bond acceptors (Lipinski definition) is 6. The molecule has 0 amide bonds. The van der Waals surface area contributed by atoms with E-state index in [1.54, 1.807) is 48.5 Å². The molecule has 0 aliphatic rings. The van der Waals surface area contributed by atoms with E-state index >= 15 is 0 Å². The molecule has 0 fully saturated rings. The standard InChI is InChI=1S/C23H28O8/c1-28-20(22(24)25)16-6-10-18(11-7-16)30-14-4-3-5-15-31-19-12-8-17(9-13-19)21(29-2)23(26)27/h6-13,20-21H,3-5,14-15H2,1-2H3,(H,24,25)(H,26,27). The number of carbonyl (C=O) groups is 2. The molecule has 0 heterocycles. The Morgan fingerprint density at radius 1 is 0.677 bits per heavy atom. The molecular formula is C23H28O8. The highest BCUT2D eigenvalue weighted by Gasteiger charge is 2.19. The molecule has 0 radical (unpaired) electrons. The first-order chi connectivity index (χ1) is 15.0. The topological polar surface area (TPSA) is 112 Å². The second-order valence-corrected chi connectivity index (χ2v) is 6.80. The largest absolute Gasteiger partial charge is 0.494 e. The van der Waals surface area contributed by atoms with Crippen LogP contribution in [0.5, 0.6) is 11.5 Å². The van der Waals surface area contributed by atoms with Gasteiger partial charge in [-0.3, -0.25) is 0 Å². The van der Waals surface area contributed by atoms with Crippen LogP contribution in [0.3, 0.4) is 0 Å². The van der Waals surface area contributed by atoms with Gasteiger partial charge in [-0.05, 0) is 54.7 Å². The van der Waals surface area contributed by atoms with E-state index < -0.39 is 24.1 Å². The number of hydrogen-bond donors (Lipinski definition) is 2. The Labute approximate surface area is 181 Å². The molecule has 2 unspecified atom stereocenters. The first-order valence-corrected chi connectivity index (χ1v) is 9.93. The summed E-state index contributed by atoms with van der Waals surface area (Å²) in [4.78, 5) is 22.2. The molecule has 0 spiro atoms. The van der Waals surface area contributed by atoms with Gasteiger partial charge in [0, 0.05) is 14.2 Å². The molecule has 2 atom stereocenters. The monoisotopic (exact) mass is 432 g/mol. The fourth-order valence-corrected chi connectivity index (χ4v) is 3.00. The third-order valence-corrected chi connectivity index (χ3v) is 4.61. The third kappa shape index (κ3) is 7.58. The van der Waals surface area contributed by atoms with E-state index in [2.05, 4.69) is 0 Å². The molecule has 0 saturated heterocycles. The summed E-state index contributed by atoms with van der Waals surface area (Å²) < 4.78 is 21.3. The van der Waals surface area contributed by atoms with Crippen molar-refractivity contribution in [2.75, 3.05) is 27.4 Å². The Hall–Kier alpha value is -3.10. The molecular weight excluding hydrogens is 404 g/mol. The van der Waals surface area contributed by atoms with Crippen LogP contribution in [-0.4, -0.2) is 49.6 Å². The van der Waals surface area contributed by atoms with Crippen LogP contribution < -0.4 is 9.47 Å². The quantitative estimate of drug-likeness (QED) is 0.433. The van der Waals surface area contributed by atoms with Crippen molar-refractivity contribution >= 4 is 11.9 Å². The SMILES string of the molecule is COC(C(=O)O)c1ccc(OCCCCCOc2ccc(C(OC)C(=O)O)cc2)cc1. The van der Waals surface area contributed by atoms with Gasteiger partial charge >= 0.3 is 11.9 Å². The maximum absolute atomic E-state index is 11.1. The lowest BCUT2D eigenvalue weighted by atomic mass is 10.1. The highest BCUT2D eigenvalue weighted by Crippen LogP contribution is 2.22. The van der Waals surface area contributed by atoms with Crippen LogP contribution in [0.1, 0.15) is 42.6 Å². The zero-order valence-electron chi connectivity index (χ0n) is 17.7. The third-order valence-electron chi connectivity index (χ3n) is 4.61. The van der Waals surface area contributed by atoms with Gasteiger partial charge in [-0.25, -0.2) is 9.59 Å². The van der Waals surface area contributed by atoms with E-state index in [0.717, 1.165) is 19.3 Å². The number of ether oxygens (including phenoxy) is 4. The summed E-state index contributed by atoms with van der Waals surface area (Å²) in [6.07, 6.45) is 0.668. The molecule has 2 aromatic carbocycles. The molecule has 2 N–H and O–H groups in total. The van der Waals surface area contributed by atoms with Crippen molar-refractivity contribution in [3.05, 3.63) is 59.7 Å². The maximum Gasteiger partial charge on any atom is 0.337 e. The Kier molecular flexibility index (Phi) is 9.80. The first-order valence-electron chi connectivity index (χ1n) is 9.93. The molecule has 0 aliphatic carbocycles. The fraction of sp³-hybridized carbons (Fsp3) is 0.391. The minimum absolute atomic E-state index is 0.550. The van der Waals surface area contributed by atoms with Crippen LogP contribution >= 0.6 is 0 Å². The molecule has 168 valence electrons. The number of carboxylic acids is 2. The molecule has 8 nitrogen and oxygen atoms in total. The van der Waals surface area contributed by atoms with Crippen LogP contribution in [0.15, 0.2) is 48.5 Å². The predicted molar refractivity (Wildman–Crippen MR) is 112 cm³/mol. The molecule has 0 aliphatic heterocycles. The summed E-state index contributed by atoms with van der Waals surface area (Å²) >= 11 is 0. The summed E-state index contributed by atoms with van der Waals surface area (Å²) in [6.45, 7) is 1.10. The van der Waals surface area contributed by atoms with Crippen LogP contribution in [0.4, 0.5) is 0 Å². The molecule has 0 aromatic heterocycles. The minimum Gasteiger partial charge on any atom is -0.494 e. The van der Waals surface area contributed by atoms with Gasteiger partial charge in [0.15, 0.2) is 12.2 Å². The van der Waals surface area contributed by atoms with E-state index in [0.29, 0.717) is 35.8 Å². The van der Waals surface area contributed by atoms with Crippen molar-refractivity contribution < 1.29 is 38.7 Å². The van der Waals surface area contributed by atoms with Gasteiger partial charge in [0.05, 0.1) is 13.2 Å². The van der Waals surface area contributed by atoms with Crippen molar-refractivity contribution in [3.8, 4) is 11.5 Å². The van der Waals surface area contributed by atoms with Crippen LogP contribution in [0.2, 0.25) is 0 Å². The molecule has 31 heavy (non-hydrogen) atoms.